The number of esters is 1. The smallest absolute Gasteiger partial charge is 0.312 e. The lowest BCUT2D eigenvalue weighted by Crippen LogP contribution is -2.29. The predicted octanol–water partition coefficient (Wildman–Crippen LogP) is 2.08. The van der Waals surface area contributed by atoms with E-state index in [9.17, 15) is 9.18 Å². The van der Waals surface area contributed by atoms with Gasteiger partial charge in [-0.2, -0.15) is 0 Å². The SMILES string of the molecule is CC[C@@H]1C[C@@H](C(C)(C)F)C(=O)O1. The van der Waals surface area contributed by atoms with Crippen LogP contribution in [0, 0.1) is 5.92 Å². The Bertz CT molecular complexity index is 183. The van der Waals surface area contributed by atoms with Crippen molar-refractivity contribution in [1.82, 2.24) is 0 Å². The van der Waals surface area contributed by atoms with Gasteiger partial charge in [0.05, 0.1) is 5.92 Å². The highest BCUT2D eigenvalue weighted by molar-refractivity contribution is 5.75. The number of ether oxygens (including phenoxy) is 1. The van der Waals surface area contributed by atoms with Crippen molar-refractivity contribution in [2.75, 3.05) is 0 Å². The third kappa shape index (κ3) is 1.76. The molecule has 0 spiro atoms. The Kier molecular flexibility index (Phi) is 2.40. The van der Waals surface area contributed by atoms with Crippen LogP contribution >= 0.6 is 0 Å². The molecule has 0 N–H and O–H groups in total. The van der Waals surface area contributed by atoms with Crippen LogP contribution in [0.3, 0.4) is 0 Å². The molecule has 0 radical (unpaired) electrons. The van der Waals surface area contributed by atoms with Gasteiger partial charge in [-0.3, -0.25) is 4.79 Å². The summed E-state index contributed by atoms with van der Waals surface area (Å²) in [5, 5.41) is 0. The highest BCUT2D eigenvalue weighted by atomic mass is 19.1. The average Bonchev–Trinajstić information content (AvgIpc) is 2.29. The number of hydrogen-bond donors (Lipinski definition) is 0. The topological polar surface area (TPSA) is 26.3 Å². The molecular weight excluding hydrogens is 159 g/mol. The minimum Gasteiger partial charge on any atom is -0.462 e. The molecule has 3 heteroatoms. The molecule has 1 aliphatic rings. The maximum absolute atomic E-state index is 13.4. The third-order valence-corrected chi connectivity index (χ3v) is 2.35. The minimum absolute atomic E-state index is 0.0717. The fourth-order valence-corrected chi connectivity index (χ4v) is 1.46. The van der Waals surface area contributed by atoms with Crippen LogP contribution in [0.25, 0.3) is 0 Å². The van der Waals surface area contributed by atoms with Crippen molar-refractivity contribution in [2.24, 2.45) is 5.92 Å². The van der Waals surface area contributed by atoms with Crippen molar-refractivity contribution < 1.29 is 13.9 Å². The molecule has 1 heterocycles. The van der Waals surface area contributed by atoms with Crippen LogP contribution in [-0.2, 0) is 9.53 Å². The highest BCUT2D eigenvalue weighted by Gasteiger charge is 2.43. The van der Waals surface area contributed by atoms with Crippen LogP contribution < -0.4 is 0 Å². The number of halogens is 1. The first-order valence-electron chi connectivity index (χ1n) is 4.34. The Hall–Kier alpha value is -0.600. The van der Waals surface area contributed by atoms with Gasteiger partial charge >= 0.3 is 5.97 Å². The molecule has 0 aromatic rings. The second-order valence-electron chi connectivity index (χ2n) is 3.82. The Morgan fingerprint density at radius 2 is 2.25 bits per heavy atom. The van der Waals surface area contributed by atoms with Crippen molar-refractivity contribution in [2.45, 2.75) is 45.4 Å². The first-order chi connectivity index (χ1) is 5.45. The first-order valence-corrected chi connectivity index (χ1v) is 4.34. The lowest BCUT2D eigenvalue weighted by atomic mass is 9.89. The first kappa shape index (κ1) is 9.49. The number of carbonyl (C=O) groups is 1. The molecule has 0 bridgehead atoms. The van der Waals surface area contributed by atoms with Gasteiger partial charge < -0.3 is 4.74 Å². The molecular formula is C9H15FO2. The van der Waals surface area contributed by atoms with Crippen LogP contribution in [-0.4, -0.2) is 17.7 Å². The zero-order valence-corrected chi connectivity index (χ0v) is 7.76. The van der Waals surface area contributed by atoms with Crippen LogP contribution in [0.1, 0.15) is 33.6 Å². The van der Waals surface area contributed by atoms with Crippen molar-refractivity contribution in [3.8, 4) is 0 Å². The number of rotatable bonds is 2. The molecule has 1 saturated heterocycles. The van der Waals surface area contributed by atoms with Crippen LogP contribution in [0.5, 0.6) is 0 Å². The van der Waals surface area contributed by atoms with Crippen LogP contribution in [0.2, 0.25) is 0 Å². The van der Waals surface area contributed by atoms with Crippen LogP contribution in [0.15, 0.2) is 0 Å². The summed E-state index contributed by atoms with van der Waals surface area (Å²) in [5.41, 5.74) is -1.44. The standard InChI is InChI=1S/C9H15FO2/c1-4-6-5-7(8(11)12-6)9(2,3)10/h6-7H,4-5H2,1-3H3/t6-,7-/m1/s1. The summed E-state index contributed by atoms with van der Waals surface area (Å²) in [7, 11) is 0. The van der Waals surface area contributed by atoms with E-state index in [-0.39, 0.29) is 12.1 Å². The van der Waals surface area contributed by atoms with Gasteiger partial charge in [0, 0.05) is 6.42 Å². The van der Waals surface area contributed by atoms with Gasteiger partial charge in [0.25, 0.3) is 0 Å². The zero-order chi connectivity index (χ0) is 9.35. The van der Waals surface area contributed by atoms with Crippen LogP contribution in [0.4, 0.5) is 4.39 Å². The summed E-state index contributed by atoms with van der Waals surface area (Å²) in [5.74, 6) is -0.947. The van der Waals surface area contributed by atoms with E-state index in [2.05, 4.69) is 0 Å². The summed E-state index contributed by atoms with van der Waals surface area (Å²) in [4.78, 5) is 11.1. The van der Waals surface area contributed by atoms with Crippen molar-refractivity contribution in [3.05, 3.63) is 0 Å². The molecule has 12 heavy (non-hydrogen) atoms. The number of hydrogen-bond acceptors (Lipinski definition) is 2. The Morgan fingerprint density at radius 1 is 1.67 bits per heavy atom. The van der Waals surface area contributed by atoms with E-state index < -0.39 is 11.6 Å². The summed E-state index contributed by atoms with van der Waals surface area (Å²) in [6, 6.07) is 0. The van der Waals surface area contributed by atoms with Crippen molar-refractivity contribution in [3.63, 3.8) is 0 Å². The molecule has 0 aromatic carbocycles. The molecule has 1 fully saturated rings. The minimum atomic E-state index is -1.44. The van der Waals surface area contributed by atoms with E-state index in [0.29, 0.717) is 6.42 Å². The summed E-state index contributed by atoms with van der Waals surface area (Å²) in [6.07, 6.45) is 1.23. The van der Waals surface area contributed by atoms with E-state index in [1.54, 1.807) is 0 Å². The monoisotopic (exact) mass is 174 g/mol. The maximum Gasteiger partial charge on any atom is 0.312 e. The number of alkyl halides is 1. The lowest BCUT2D eigenvalue weighted by Gasteiger charge is -2.18. The molecule has 2 atom stereocenters. The largest absolute Gasteiger partial charge is 0.462 e. The molecule has 0 amide bonds. The quantitative estimate of drug-likeness (QED) is 0.599. The Balaban J connectivity index is 2.64. The molecule has 0 unspecified atom stereocenters. The normalized spacial score (nSPS) is 30.5. The van der Waals surface area contributed by atoms with Gasteiger partial charge in [0.2, 0.25) is 0 Å². The Morgan fingerprint density at radius 3 is 2.50 bits per heavy atom. The predicted molar refractivity (Wildman–Crippen MR) is 43.5 cm³/mol. The van der Waals surface area contributed by atoms with Gasteiger partial charge in [0.15, 0.2) is 0 Å². The maximum atomic E-state index is 13.4. The van der Waals surface area contributed by atoms with Gasteiger partial charge in [-0.15, -0.1) is 0 Å². The van der Waals surface area contributed by atoms with Crippen molar-refractivity contribution in [1.29, 1.82) is 0 Å². The molecule has 0 saturated carbocycles. The molecule has 1 rings (SSSR count). The van der Waals surface area contributed by atoms with Gasteiger partial charge in [-0.25, -0.2) is 4.39 Å². The highest BCUT2D eigenvalue weighted by Crippen LogP contribution is 2.33. The number of carbonyl (C=O) groups excluding carboxylic acids is 1. The fraction of sp³-hybridized carbons (Fsp3) is 0.889. The molecule has 0 aliphatic carbocycles. The lowest BCUT2D eigenvalue weighted by molar-refractivity contribution is -0.147. The summed E-state index contributed by atoms with van der Waals surface area (Å²) >= 11 is 0. The fourth-order valence-electron chi connectivity index (χ4n) is 1.46. The number of cyclic esters (lactones) is 1. The summed E-state index contributed by atoms with van der Waals surface area (Å²) in [6.45, 7) is 4.79. The third-order valence-electron chi connectivity index (χ3n) is 2.35. The van der Waals surface area contributed by atoms with Gasteiger partial charge in [-0.05, 0) is 20.3 Å². The van der Waals surface area contributed by atoms with E-state index in [1.807, 2.05) is 6.92 Å². The van der Waals surface area contributed by atoms with E-state index in [1.165, 1.54) is 13.8 Å². The molecule has 70 valence electrons. The Labute approximate surface area is 72.1 Å². The molecule has 0 aromatic heterocycles. The van der Waals surface area contributed by atoms with Gasteiger partial charge in [-0.1, -0.05) is 6.92 Å². The molecule has 2 nitrogen and oxygen atoms in total. The summed E-state index contributed by atoms with van der Waals surface area (Å²) < 4.78 is 18.3. The van der Waals surface area contributed by atoms with E-state index >= 15 is 0 Å². The second-order valence-corrected chi connectivity index (χ2v) is 3.82. The molecule has 1 aliphatic heterocycles. The average molecular weight is 174 g/mol. The van der Waals surface area contributed by atoms with E-state index in [4.69, 9.17) is 4.74 Å². The van der Waals surface area contributed by atoms with Crippen molar-refractivity contribution >= 4 is 5.97 Å². The van der Waals surface area contributed by atoms with Gasteiger partial charge in [0.1, 0.15) is 11.8 Å². The second kappa shape index (κ2) is 3.04. The van der Waals surface area contributed by atoms with E-state index in [0.717, 1.165) is 6.42 Å². The zero-order valence-electron chi connectivity index (χ0n) is 7.76.